The molecular formula is C21H16FN3OS. The maximum Gasteiger partial charge on any atom is 0.137 e. The van der Waals surface area contributed by atoms with Gasteiger partial charge >= 0.3 is 0 Å². The fourth-order valence-corrected chi connectivity index (χ4v) is 3.32. The zero-order valence-electron chi connectivity index (χ0n) is 14.5. The molecule has 0 aliphatic carbocycles. The fraction of sp³-hybridized carbons (Fsp3) is 0.0476. The molecule has 2 aromatic heterocycles. The monoisotopic (exact) mass is 377 g/mol. The molecule has 0 aliphatic rings. The lowest BCUT2D eigenvalue weighted by Gasteiger charge is -2.04. The van der Waals surface area contributed by atoms with Crippen LogP contribution >= 0.6 is 0 Å². The van der Waals surface area contributed by atoms with Crippen molar-refractivity contribution >= 4 is 10.8 Å². The lowest BCUT2D eigenvalue weighted by molar-refractivity contribution is 0.628. The number of hydrogen-bond donors (Lipinski definition) is 1. The van der Waals surface area contributed by atoms with Crippen molar-refractivity contribution in [2.24, 2.45) is 0 Å². The summed E-state index contributed by atoms with van der Waals surface area (Å²) in [6.07, 6.45) is 5.15. The number of aromatic amines is 1. The molecule has 0 fully saturated rings. The van der Waals surface area contributed by atoms with Crippen molar-refractivity contribution in [1.29, 1.82) is 0 Å². The van der Waals surface area contributed by atoms with Gasteiger partial charge in [0.25, 0.3) is 0 Å². The van der Waals surface area contributed by atoms with Gasteiger partial charge in [0.1, 0.15) is 11.6 Å². The third-order valence-electron chi connectivity index (χ3n) is 4.25. The van der Waals surface area contributed by atoms with Crippen molar-refractivity contribution in [3.8, 4) is 33.9 Å². The zero-order chi connectivity index (χ0) is 18.8. The van der Waals surface area contributed by atoms with Crippen LogP contribution in [0.15, 0.2) is 78.0 Å². The van der Waals surface area contributed by atoms with Gasteiger partial charge in [0.05, 0.1) is 17.6 Å². The van der Waals surface area contributed by atoms with E-state index in [0.717, 1.165) is 38.8 Å². The summed E-state index contributed by atoms with van der Waals surface area (Å²) in [4.78, 5) is 12.9. The summed E-state index contributed by atoms with van der Waals surface area (Å²) in [7, 11) is -1.00. The van der Waals surface area contributed by atoms with E-state index >= 15 is 0 Å². The third kappa shape index (κ3) is 3.71. The first-order valence-corrected chi connectivity index (χ1v) is 9.87. The first-order valence-electron chi connectivity index (χ1n) is 8.31. The van der Waals surface area contributed by atoms with Crippen LogP contribution in [-0.4, -0.2) is 25.4 Å². The van der Waals surface area contributed by atoms with Crippen molar-refractivity contribution < 1.29 is 8.60 Å². The van der Waals surface area contributed by atoms with Crippen LogP contribution in [0.1, 0.15) is 0 Å². The second-order valence-corrected chi connectivity index (χ2v) is 7.44. The molecule has 0 saturated heterocycles. The molecule has 0 aliphatic heterocycles. The van der Waals surface area contributed by atoms with E-state index in [9.17, 15) is 8.60 Å². The van der Waals surface area contributed by atoms with Gasteiger partial charge in [-0.3, -0.25) is 9.19 Å². The zero-order valence-corrected chi connectivity index (χ0v) is 15.3. The second kappa shape index (κ2) is 7.25. The van der Waals surface area contributed by atoms with E-state index in [-0.39, 0.29) is 5.82 Å². The van der Waals surface area contributed by atoms with Crippen molar-refractivity contribution in [2.45, 2.75) is 4.90 Å². The van der Waals surface area contributed by atoms with E-state index in [1.807, 2.05) is 36.4 Å². The van der Waals surface area contributed by atoms with Crippen LogP contribution in [-0.2, 0) is 10.8 Å². The van der Waals surface area contributed by atoms with Crippen LogP contribution in [0.25, 0.3) is 33.9 Å². The minimum absolute atomic E-state index is 0.272. The maximum atomic E-state index is 13.1. The number of aromatic nitrogens is 3. The average Bonchev–Trinajstić information content (AvgIpc) is 3.19. The molecule has 2 heterocycles. The predicted octanol–water partition coefficient (Wildman–Crippen LogP) is 4.68. The fourth-order valence-electron chi connectivity index (χ4n) is 2.80. The predicted molar refractivity (Wildman–Crippen MR) is 105 cm³/mol. The van der Waals surface area contributed by atoms with Gasteiger partial charge < -0.3 is 4.98 Å². The molecular weight excluding hydrogens is 361 g/mol. The Hall–Kier alpha value is -3.12. The standard InChI is InChI=1S/C21H16FN3OS/c1-27(26)18-8-4-15(5-9-18)21-24-13-20(25-21)16-10-11-23-19(12-16)14-2-6-17(22)7-3-14/h2-13H,1H3,(H,24,25). The number of halogens is 1. The molecule has 0 saturated carbocycles. The molecule has 134 valence electrons. The van der Waals surface area contributed by atoms with Crippen molar-refractivity contribution in [1.82, 2.24) is 15.0 Å². The number of pyridine rings is 1. The minimum Gasteiger partial charge on any atom is -0.338 e. The molecule has 0 amide bonds. The van der Waals surface area contributed by atoms with E-state index in [1.54, 1.807) is 30.8 Å². The number of hydrogen-bond acceptors (Lipinski definition) is 3. The highest BCUT2D eigenvalue weighted by Gasteiger charge is 2.08. The summed E-state index contributed by atoms with van der Waals surface area (Å²) < 4.78 is 24.6. The van der Waals surface area contributed by atoms with Crippen LogP contribution in [0.4, 0.5) is 4.39 Å². The summed E-state index contributed by atoms with van der Waals surface area (Å²) in [6.45, 7) is 0. The van der Waals surface area contributed by atoms with Gasteiger partial charge in [-0.15, -0.1) is 0 Å². The van der Waals surface area contributed by atoms with Gasteiger partial charge in [0.15, 0.2) is 0 Å². The topological polar surface area (TPSA) is 58.6 Å². The largest absolute Gasteiger partial charge is 0.338 e. The Kier molecular flexibility index (Phi) is 4.64. The number of nitrogens with zero attached hydrogens (tertiary/aromatic N) is 2. The van der Waals surface area contributed by atoms with Gasteiger partial charge in [0.2, 0.25) is 0 Å². The molecule has 6 heteroatoms. The number of H-pyrrole nitrogens is 1. The van der Waals surface area contributed by atoms with Gasteiger partial charge in [-0.05, 0) is 48.5 Å². The second-order valence-electron chi connectivity index (χ2n) is 6.06. The molecule has 0 radical (unpaired) electrons. The molecule has 1 N–H and O–H groups in total. The van der Waals surface area contributed by atoms with E-state index in [4.69, 9.17) is 0 Å². The summed E-state index contributed by atoms with van der Waals surface area (Å²) in [5.74, 6) is 0.463. The highest BCUT2D eigenvalue weighted by molar-refractivity contribution is 7.84. The van der Waals surface area contributed by atoms with Crippen LogP contribution in [0.3, 0.4) is 0 Å². The Morgan fingerprint density at radius 2 is 1.59 bits per heavy atom. The molecule has 0 spiro atoms. The summed E-state index contributed by atoms with van der Waals surface area (Å²) in [5.41, 5.74) is 4.33. The van der Waals surface area contributed by atoms with Gasteiger partial charge in [-0.1, -0.05) is 12.1 Å². The molecule has 4 rings (SSSR count). The number of benzene rings is 2. The third-order valence-corrected chi connectivity index (χ3v) is 5.18. The maximum absolute atomic E-state index is 13.1. The Morgan fingerprint density at radius 3 is 2.30 bits per heavy atom. The first-order chi connectivity index (χ1) is 13.1. The number of rotatable bonds is 4. The van der Waals surface area contributed by atoms with E-state index in [0.29, 0.717) is 0 Å². The highest BCUT2D eigenvalue weighted by atomic mass is 32.2. The highest BCUT2D eigenvalue weighted by Crippen LogP contribution is 2.26. The van der Waals surface area contributed by atoms with Crippen LogP contribution in [0, 0.1) is 5.82 Å². The molecule has 4 aromatic rings. The lowest BCUT2D eigenvalue weighted by Crippen LogP contribution is -1.88. The van der Waals surface area contributed by atoms with Crippen LogP contribution in [0.2, 0.25) is 0 Å². The summed E-state index contributed by atoms with van der Waals surface area (Å²) >= 11 is 0. The van der Waals surface area contributed by atoms with Gasteiger partial charge in [0, 0.05) is 44.8 Å². The smallest absolute Gasteiger partial charge is 0.137 e. The molecule has 27 heavy (non-hydrogen) atoms. The van der Waals surface area contributed by atoms with Crippen LogP contribution in [0.5, 0.6) is 0 Å². The number of imidazole rings is 1. The average molecular weight is 377 g/mol. The summed E-state index contributed by atoms with van der Waals surface area (Å²) in [5, 5.41) is 0. The van der Waals surface area contributed by atoms with E-state index < -0.39 is 10.8 Å². The van der Waals surface area contributed by atoms with Crippen molar-refractivity contribution in [2.75, 3.05) is 6.26 Å². The van der Waals surface area contributed by atoms with E-state index in [1.165, 1.54) is 12.1 Å². The molecule has 1 unspecified atom stereocenters. The Balaban J connectivity index is 1.64. The Bertz CT molecular complexity index is 1100. The van der Waals surface area contributed by atoms with Gasteiger partial charge in [-0.25, -0.2) is 9.37 Å². The minimum atomic E-state index is -1.00. The van der Waals surface area contributed by atoms with Crippen molar-refractivity contribution in [3.63, 3.8) is 0 Å². The lowest BCUT2D eigenvalue weighted by atomic mass is 10.1. The summed E-state index contributed by atoms with van der Waals surface area (Å²) in [6, 6.07) is 17.6. The Morgan fingerprint density at radius 1 is 0.889 bits per heavy atom. The van der Waals surface area contributed by atoms with Gasteiger partial charge in [-0.2, -0.15) is 0 Å². The van der Waals surface area contributed by atoms with E-state index in [2.05, 4.69) is 15.0 Å². The quantitative estimate of drug-likeness (QED) is 0.562. The molecule has 0 bridgehead atoms. The molecule has 4 nitrogen and oxygen atoms in total. The molecule has 1 atom stereocenters. The normalized spacial score (nSPS) is 12.1. The number of nitrogens with one attached hydrogen (secondary N) is 1. The van der Waals surface area contributed by atoms with Crippen LogP contribution < -0.4 is 0 Å². The Labute approximate surface area is 158 Å². The molecule has 2 aromatic carbocycles. The first kappa shape index (κ1) is 17.3. The SMILES string of the molecule is CS(=O)c1ccc(-c2ncc(-c3ccnc(-c4ccc(F)cc4)c3)[nH]2)cc1. The van der Waals surface area contributed by atoms with Crippen molar-refractivity contribution in [3.05, 3.63) is 78.9 Å².